The molecular formula is C7H15NO2. The van der Waals surface area contributed by atoms with Gasteiger partial charge < -0.3 is 9.63 Å². The van der Waals surface area contributed by atoms with Gasteiger partial charge in [0.05, 0.1) is 5.71 Å². The fourth-order valence-electron chi connectivity index (χ4n) is 0.183. The van der Waals surface area contributed by atoms with Gasteiger partial charge in [-0.1, -0.05) is 5.16 Å². The zero-order valence-electron chi connectivity index (χ0n) is 7.26. The first-order valence-electron chi connectivity index (χ1n) is 3.02. The Balaban J connectivity index is 0. The van der Waals surface area contributed by atoms with E-state index in [9.17, 15) is 4.79 Å². The van der Waals surface area contributed by atoms with Crippen LogP contribution in [-0.4, -0.2) is 18.6 Å². The number of hydrogen-bond donors (Lipinski definition) is 0. The average Bonchev–Trinajstić information content (AvgIpc) is 1.62. The van der Waals surface area contributed by atoms with Gasteiger partial charge in [0.25, 0.3) is 0 Å². The Morgan fingerprint density at radius 3 is 1.50 bits per heavy atom. The van der Waals surface area contributed by atoms with E-state index in [-0.39, 0.29) is 5.78 Å². The zero-order chi connectivity index (χ0) is 8.57. The van der Waals surface area contributed by atoms with E-state index in [1.54, 1.807) is 0 Å². The predicted molar refractivity (Wildman–Crippen MR) is 42.1 cm³/mol. The van der Waals surface area contributed by atoms with Crippen molar-refractivity contribution in [3.8, 4) is 0 Å². The van der Waals surface area contributed by atoms with Crippen molar-refractivity contribution in [2.24, 2.45) is 5.16 Å². The van der Waals surface area contributed by atoms with Crippen molar-refractivity contribution < 1.29 is 9.63 Å². The molecule has 10 heavy (non-hydrogen) atoms. The number of Topliss-reactive ketones (excluding diaryl/α,β-unsaturated/α-hetero) is 1. The van der Waals surface area contributed by atoms with E-state index < -0.39 is 0 Å². The number of carbonyl (C=O) groups is 1. The molecule has 3 nitrogen and oxygen atoms in total. The lowest BCUT2D eigenvalue weighted by atomic mass is 10.5. The molecular weight excluding hydrogens is 130 g/mol. The van der Waals surface area contributed by atoms with E-state index in [0.717, 1.165) is 5.71 Å². The Morgan fingerprint density at radius 1 is 1.20 bits per heavy atom. The lowest BCUT2D eigenvalue weighted by molar-refractivity contribution is -0.114. The Labute approximate surface area is 62.1 Å². The molecule has 0 atom stereocenters. The second-order valence-corrected chi connectivity index (χ2v) is 2.13. The van der Waals surface area contributed by atoms with Crippen LogP contribution in [0.4, 0.5) is 0 Å². The molecule has 0 amide bonds. The summed E-state index contributed by atoms with van der Waals surface area (Å²) in [5.74, 6) is 0.167. The molecule has 0 aliphatic carbocycles. The van der Waals surface area contributed by atoms with E-state index in [4.69, 9.17) is 0 Å². The number of rotatable bonds is 1. The molecule has 0 unspecified atom stereocenters. The second kappa shape index (κ2) is 8.14. The third kappa shape index (κ3) is 58.8. The maximum Gasteiger partial charge on any atom is 0.126 e. The van der Waals surface area contributed by atoms with Crippen molar-refractivity contribution in [2.75, 3.05) is 7.11 Å². The van der Waals surface area contributed by atoms with Gasteiger partial charge in [-0.25, -0.2) is 0 Å². The van der Waals surface area contributed by atoms with Gasteiger partial charge in [-0.3, -0.25) is 0 Å². The summed E-state index contributed by atoms with van der Waals surface area (Å²) in [6.07, 6.45) is 0. The van der Waals surface area contributed by atoms with Crippen LogP contribution in [0.2, 0.25) is 0 Å². The summed E-state index contributed by atoms with van der Waals surface area (Å²) in [7, 11) is 1.53. The number of carbonyl (C=O) groups excluding carboxylic acids is 1. The van der Waals surface area contributed by atoms with Crippen LogP contribution >= 0.6 is 0 Å². The first-order chi connectivity index (χ1) is 4.50. The van der Waals surface area contributed by atoms with Gasteiger partial charge in [-0.15, -0.1) is 0 Å². The van der Waals surface area contributed by atoms with Crippen LogP contribution in [0.1, 0.15) is 27.7 Å². The van der Waals surface area contributed by atoms with Gasteiger partial charge in [0.15, 0.2) is 0 Å². The predicted octanol–water partition coefficient (Wildman–Crippen LogP) is 1.62. The lowest BCUT2D eigenvalue weighted by Crippen LogP contribution is -1.79. The van der Waals surface area contributed by atoms with Crippen molar-refractivity contribution >= 4 is 11.5 Å². The van der Waals surface area contributed by atoms with E-state index in [0.29, 0.717) is 0 Å². The van der Waals surface area contributed by atoms with Crippen LogP contribution in [0.15, 0.2) is 5.16 Å². The molecule has 0 saturated carbocycles. The number of hydrogen-bond acceptors (Lipinski definition) is 3. The molecule has 0 aromatic carbocycles. The molecule has 0 N–H and O–H groups in total. The van der Waals surface area contributed by atoms with Crippen LogP contribution in [0, 0.1) is 0 Å². The van der Waals surface area contributed by atoms with Crippen molar-refractivity contribution in [2.45, 2.75) is 27.7 Å². The highest BCUT2D eigenvalue weighted by Crippen LogP contribution is 1.71. The molecule has 0 spiro atoms. The molecule has 0 rings (SSSR count). The normalized spacial score (nSPS) is 6.90. The quantitative estimate of drug-likeness (QED) is 0.415. The SMILES string of the molecule is CC(C)=O.CON=C(C)C. The molecule has 60 valence electrons. The molecule has 0 fully saturated rings. The molecule has 0 aliphatic rings. The summed E-state index contributed by atoms with van der Waals surface area (Å²) in [6, 6.07) is 0. The fourth-order valence-corrected chi connectivity index (χ4v) is 0.183. The molecule has 3 heteroatoms. The first kappa shape index (κ1) is 11.9. The highest BCUT2D eigenvalue weighted by molar-refractivity contribution is 5.78. The van der Waals surface area contributed by atoms with Crippen molar-refractivity contribution in [1.29, 1.82) is 0 Å². The largest absolute Gasteiger partial charge is 0.399 e. The highest BCUT2D eigenvalue weighted by Gasteiger charge is 1.69. The Morgan fingerprint density at radius 2 is 1.50 bits per heavy atom. The second-order valence-electron chi connectivity index (χ2n) is 2.13. The molecule has 0 aromatic heterocycles. The van der Waals surface area contributed by atoms with Crippen LogP contribution in [0.3, 0.4) is 0 Å². The summed E-state index contributed by atoms with van der Waals surface area (Å²) in [5.41, 5.74) is 0.942. The third-order valence-corrected chi connectivity index (χ3v) is 0.274. The minimum absolute atomic E-state index is 0.167. The van der Waals surface area contributed by atoms with E-state index in [1.807, 2.05) is 13.8 Å². The van der Waals surface area contributed by atoms with Gasteiger partial charge in [0.2, 0.25) is 0 Å². The molecule has 0 aliphatic heterocycles. The van der Waals surface area contributed by atoms with Crippen LogP contribution in [-0.2, 0) is 9.63 Å². The van der Waals surface area contributed by atoms with E-state index in [1.165, 1.54) is 21.0 Å². The van der Waals surface area contributed by atoms with Crippen molar-refractivity contribution in [1.82, 2.24) is 0 Å². The van der Waals surface area contributed by atoms with Crippen molar-refractivity contribution in [3.63, 3.8) is 0 Å². The van der Waals surface area contributed by atoms with Gasteiger partial charge in [-0.2, -0.15) is 0 Å². The fraction of sp³-hybridized carbons (Fsp3) is 0.714. The van der Waals surface area contributed by atoms with Gasteiger partial charge in [-0.05, 0) is 27.7 Å². The minimum Gasteiger partial charge on any atom is -0.399 e. The van der Waals surface area contributed by atoms with Gasteiger partial charge in [0, 0.05) is 0 Å². The number of nitrogens with zero attached hydrogens (tertiary/aromatic N) is 1. The van der Waals surface area contributed by atoms with Crippen LogP contribution < -0.4 is 0 Å². The molecule has 0 aromatic rings. The summed E-state index contributed by atoms with van der Waals surface area (Å²) < 4.78 is 0. The third-order valence-electron chi connectivity index (χ3n) is 0.274. The molecule has 0 bridgehead atoms. The smallest absolute Gasteiger partial charge is 0.126 e. The van der Waals surface area contributed by atoms with Crippen LogP contribution in [0.25, 0.3) is 0 Å². The summed E-state index contributed by atoms with van der Waals surface area (Å²) in [5, 5.41) is 3.54. The minimum atomic E-state index is 0.167. The topological polar surface area (TPSA) is 38.7 Å². The Hall–Kier alpha value is -0.860. The highest BCUT2D eigenvalue weighted by atomic mass is 16.6. The first-order valence-corrected chi connectivity index (χ1v) is 3.02. The summed E-state index contributed by atoms with van der Waals surface area (Å²) >= 11 is 0. The Kier molecular flexibility index (Phi) is 9.67. The Bertz CT molecular complexity index is 111. The zero-order valence-corrected chi connectivity index (χ0v) is 7.26. The van der Waals surface area contributed by atoms with E-state index in [2.05, 4.69) is 9.99 Å². The average molecular weight is 145 g/mol. The monoisotopic (exact) mass is 145 g/mol. The molecule has 0 radical (unpaired) electrons. The maximum atomic E-state index is 9.44. The van der Waals surface area contributed by atoms with E-state index >= 15 is 0 Å². The van der Waals surface area contributed by atoms with Crippen molar-refractivity contribution in [3.05, 3.63) is 0 Å². The van der Waals surface area contributed by atoms with Gasteiger partial charge in [0.1, 0.15) is 12.9 Å². The maximum absolute atomic E-state index is 9.44. The van der Waals surface area contributed by atoms with Gasteiger partial charge >= 0.3 is 0 Å². The number of oxime groups is 1. The standard InChI is InChI=1S/C4H9NO.C3H6O/c1-4(2)5-6-3;1-3(2)4/h1-3H3;1-2H3. The number of ketones is 1. The van der Waals surface area contributed by atoms with Crippen LogP contribution in [0.5, 0.6) is 0 Å². The molecule has 0 saturated heterocycles. The lowest BCUT2D eigenvalue weighted by Gasteiger charge is -1.83. The summed E-state index contributed by atoms with van der Waals surface area (Å²) in [4.78, 5) is 13.8. The molecule has 0 heterocycles. The summed E-state index contributed by atoms with van der Waals surface area (Å²) in [6.45, 7) is 6.81.